The molecule has 0 saturated heterocycles. The summed E-state index contributed by atoms with van der Waals surface area (Å²) in [6.07, 6.45) is 0. The SMILES string of the molecule is Cc1cc(C(=O)N(CC(=O)O)c2ccccc2N)no1. The number of carbonyl (C=O) groups is 2. The molecule has 1 aromatic carbocycles. The van der Waals surface area contributed by atoms with E-state index in [1.807, 2.05) is 0 Å². The van der Waals surface area contributed by atoms with Crippen LogP contribution < -0.4 is 10.6 Å². The van der Waals surface area contributed by atoms with Crippen LogP contribution in [-0.2, 0) is 4.79 Å². The van der Waals surface area contributed by atoms with Gasteiger partial charge in [0, 0.05) is 6.07 Å². The number of anilines is 2. The first kappa shape index (κ1) is 13.6. The number of benzene rings is 1. The van der Waals surface area contributed by atoms with Gasteiger partial charge in [0.05, 0.1) is 11.4 Å². The summed E-state index contributed by atoms with van der Waals surface area (Å²) in [5.74, 6) is -1.27. The maximum Gasteiger partial charge on any atom is 0.323 e. The van der Waals surface area contributed by atoms with Crippen molar-refractivity contribution in [3.63, 3.8) is 0 Å². The topological polar surface area (TPSA) is 110 Å². The van der Waals surface area contributed by atoms with E-state index >= 15 is 0 Å². The largest absolute Gasteiger partial charge is 0.480 e. The zero-order valence-electron chi connectivity index (χ0n) is 10.7. The Balaban J connectivity index is 2.40. The highest BCUT2D eigenvalue weighted by molar-refractivity contribution is 6.08. The van der Waals surface area contributed by atoms with Crippen molar-refractivity contribution in [1.29, 1.82) is 0 Å². The highest BCUT2D eigenvalue weighted by Gasteiger charge is 2.24. The number of nitrogen functional groups attached to an aromatic ring is 1. The number of nitrogens with two attached hydrogens (primary N) is 1. The van der Waals surface area contributed by atoms with E-state index < -0.39 is 18.4 Å². The molecule has 20 heavy (non-hydrogen) atoms. The second-order valence-corrected chi connectivity index (χ2v) is 4.17. The van der Waals surface area contributed by atoms with Crippen molar-refractivity contribution in [1.82, 2.24) is 5.16 Å². The minimum atomic E-state index is -1.15. The predicted octanol–water partition coefficient (Wildman–Crippen LogP) is 1.30. The van der Waals surface area contributed by atoms with Gasteiger partial charge in [0.2, 0.25) is 0 Å². The fourth-order valence-electron chi connectivity index (χ4n) is 1.74. The van der Waals surface area contributed by atoms with Crippen molar-refractivity contribution in [3.8, 4) is 0 Å². The number of carboxylic acid groups (broad SMARTS) is 1. The van der Waals surface area contributed by atoms with E-state index in [-0.39, 0.29) is 5.69 Å². The van der Waals surface area contributed by atoms with Crippen LogP contribution in [0.25, 0.3) is 0 Å². The molecule has 0 bridgehead atoms. The Kier molecular flexibility index (Phi) is 3.69. The number of nitrogens with zero attached hydrogens (tertiary/aromatic N) is 2. The number of rotatable bonds is 4. The molecule has 0 fully saturated rings. The van der Waals surface area contributed by atoms with E-state index in [0.29, 0.717) is 17.1 Å². The average molecular weight is 275 g/mol. The Morgan fingerprint density at radius 2 is 2.10 bits per heavy atom. The van der Waals surface area contributed by atoms with Gasteiger partial charge in [-0.2, -0.15) is 0 Å². The monoisotopic (exact) mass is 275 g/mol. The van der Waals surface area contributed by atoms with Gasteiger partial charge in [-0.1, -0.05) is 17.3 Å². The molecule has 0 aliphatic carbocycles. The Morgan fingerprint density at radius 3 is 2.65 bits per heavy atom. The van der Waals surface area contributed by atoms with Gasteiger partial charge in [0.15, 0.2) is 5.69 Å². The minimum Gasteiger partial charge on any atom is -0.480 e. The lowest BCUT2D eigenvalue weighted by atomic mass is 10.2. The number of hydrogen-bond donors (Lipinski definition) is 2. The van der Waals surface area contributed by atoms with Crippen LogP contribution in [0.5, 0.6) is 0 Å². The van der Waals surface area contributed by atoms with Crippen molar-refractivity contribution < 1.29 is 19.2 Å². The lowest BCUT2D eigenvalue weighted by molar-refractivity contribution is -0.135. The van der Waals surface area contributed by atoms with Gasteiger partial charge in [-0.15, -0.1) is 0 Å². The van der Waals surface area contributed by atoms with Crippen molar-refractivity contribution in [2.45, 2.75) is 6.92 Å². The standard InChI is InChI=1S/C13H13N3O4/c1-8-6-10(15-20-8)13(19)16(7-12(17)18)11-5-3-2-4-9(11)14/h2-6H,7,14H2,1H3,(H,17,18). The summed E-state index contributed by atoms with van der Waals surface area (Å²) in [6.45, 7) is 1.13. The Morgan fingerprint density at radius 1 is 1.40 bits per heavy atom. The summed E-state index contributed by atoms with van der Waals surface area (Å²) in [6, 6.07) is 7.97. The zero-order valence-corrected chi connectivity index (χ0v) is 10.7. The summed E-state index contributed by atoms with van der Waals surface area (Å²) in [5, 5.41) is 12.6. The van der Waals surface area contributed by atoms with E-state index in [1.54, 1.807) is 31.2 Å². The number of carbonyl (C=O) groups excluding carboxylic acids is 1. The first-order chi connectivity index (χ1) is 9.49. The van der Waals surface area contributed by atoms with Crippen LogP contribution in [-0.4, -0.2) is 28.7 Å². The first-order valence-corrected chi connectivity index (χ1v) is 5.80. The first-order valence-electron chi connectivity index (χ1n) is 5.80. The van der Waals surface area contributed by atoms with Crippen molar-refractivity contribution in [2.24, 2.45) is 0 Å². The molecule has 7 nitrogen and oxygen atoms in total. The van der Waals surface area contributed by atoms with Crippen LogP contribution in [0.15, 0.2) is 34.9 Å². The molecule has 0 spiro atoms. The number of hydrogen-bond acceptors (Lipinski definition) is 5. The number of para-hydroxylation sites is 2. The fraction of sp³-hybridized carbons (Fsp3) is 0.154. The van der Waals surface area contributed by atoms with Crippen LogP contribution in [0, 0.1) is 6.92 Å². The Bertz CT molecular complexity index is 651. The maximum atomic E-state index is 12.3. The van der Waals surface area contributed by atoms with E-state index in [1.165, 1.54) is 6.07 Å². The summed E-state index contributed by atoms with van der Waals surface area (Å²) in [7, 11) is 0. The highest BCUT2D eigenvalue weighted by Crippen LogP contribution is 2.24. The van der Waals surface area contributed by atoms with E-state index in [0.717, 1.165) is 4.90 Å². The van der Waals surface area contributed by atoms with Gasteiger partial charge in [-0.3, -0.25) is 14.5 Å². The van der Waals surface area contributed by atoms with E-state index in [4.69, 9.17) is 15.4 Å². The summed E-state index contributed by atoms with van der Waals surface area (Å²) in [5.41, 5.74) is 6.45. The van der Waals surface area contributed by atoms with E-state index in [9.17, 15) is 9.59 Å². The zero-order chi connectivity index (χ0) is 14.7. The molecule has 3 N–H and O–H groups in total. The number of amides is 1. The van der Waals surface area contributed by atoms with Gasteiger partial charge < -0.3 is 15.4 Å². The molecule has 0 saturated carbocycles. The predicted molar refractivity (Wildman–Crippen MR) is 71.4 cm³/mol. The normalized spacial score (nSPS) is 10.2. The molecular weight excluding hydrogens is 262 g/mol. The molecular formula is C13H13N3O4. The number of aromatic nitrogens is 1. The average Bonchev–Trinajstić information content (AvgIpc) is 2.82. The highest BCUT2D eigenvalue weighted by atomic mass is 16.5. The number of aliphatic carboxylic acids is 1. The van der Waals surface area contributed by atoms with Gasteiger partial charge >= 0.3 is 5.97 Å². The summed E-state index contributed by atoms with van der Waals surface area (Å²) < 4.78 is 4.83. The van der Waals surface area contributed by atoms with Crippen LogP contribution in [0.2, 0.25) is 0 Å². The lowest BCUT2D eigenvalue weighted by Gasteiger charge is -2.21. The van der Waals surface area contributed by atoms with E-state index in [2.05, 4.69) is 5.16 Å². The fourth-order valence-corrected chi connectivity index (χ4v) is 1.74. The Hall–Kier alpha value is -2.83. The molecule has 0 aliphatic rings. The maximum absolute atomic E-state index is 12.3. The molecule has 0 atom stereocenters. The quantitative estimate of drug-likeness (QED) is 0.814. The molecule has 104 valence electrons. The molecule has 0 aliphatic heterocycles. The molecule has 1 aromatic heterocycles. The van der Waals surface area contributed by atoms with Crippen molar-refractivity contribution in [3.05, 3.63) is 41.8 Å². The third kappa shape index (κ3) is 2.77. The summed E-state index contributed by atoms with van der Waals surface area (Å²) in [4.78, 5) is 24.3. The summed E-state index contributed by atoms with van der Waals surface area (Å²) >= 11 is 0. The van der Waals surface area contributed by atoms with Crippen molar-refractivity contribution in [2.75, 3.05) is 17.2 Å². The Labute approximate surface area is 114 Å². The van der Waals surface area contributed by atoms with Crippen LogP contribution >= 0.6 is 0 Å². The van der Waals surface area contributed by atoms with Crippen molar-refractivity contribution >= 4 is 23.3 Å². The third-order valence-corrected chi connectivity index (χ3v) is 2.61. The molecule has 2 aromatic rings. The molecule has 1 amide bonds. The minimum absolute atomic E-state index is 0.0343. The second kappa shape index (κ2) is 5.43. The molecule has 0 unspecified atom stereocenters. The van der Waals surface area contributed by atoms with Crippen LogP contribution in [0.1, 0.15) is 16.2 Å². The smallest absolute Gasteiger partial charge is 0.323 e. The number of aryl methyl sites for hydroxylation is 1. The number of carboxylic acids is 1. The van der Waals surface area contributed by atoms with Crippen LogP contribution in [0.4, 0.5) is 11.4 Å². The van der Waals surface area contributed by atoms with Gasteiger partial charge in [-0.25, -0.2) is 0 Å². The van der Waals surface area contributed by atoms with Gasteiger partial charge in [0.25, 0.3) is 5.91 Å². The third-order valence-electron chi connectivity index (χ3n) is 2.61. The molecule has 0 radical (unpaired) electrons. The van der Waals surface area contributed by atoms with Crippen LogP contribution in [0.3, 0.4) is 0 Å². The second-order valence-electron chi connectivity index (χ2n) is 4.17. The van der Waals surface area contributed by atoms with Gasteiger partial charge in [0.1, 0.15) is 12.3 Å². The molecule has 7 heteroatoms. The van der Waals surface area contributed by atoms with Gasteiger partial charge in [-0.05, 0) is 19.1 Å². The lowest BCUT2D eigenvalue weighted by Crippen LogP contribution is -2.36. The molecule has 1 heterocycles. The molecule has 2 rings (SSSR count).